The van der Waals surface area contributed by atoms with Gasteiger partial charge in [-0.1, -0.05) is 40.2 Å². The second-order valence-electron chi connectivity index (χ2n) is 4.86. The van der Waals surface area contributed by atoms with Gasteiger partial charge in [0.1, 0.15) is 5.01 Å². The molecule has 1 amide bonds. The Bertz CT molecular complexity index is 850. The first-order chi connectivity index (χ1) is 11.1. The minimum Gasteiger partial charge on any atom is -0.325 e. The second kappa shape index (κ2) is 7.55. The van der Waals surface area contributed by atoms with Gasteiger partial charge in [-0.3, -0.25) is 4.79 Å². The molecule has 0 unspecified atom stereocenters. The number of thiazole rings is 1. The van der Waals surface area contributed by atoms with Gasteiger partial charge in [0.05, 0.1) is 17.8 Å². The van der Waals surface area contributed by atoms with E-state index in [-0.39, 0.29) is 12.3 Å². The maximum Gasteiger partial charge on any atom is 0.230 e. The number of carbonyl (C=O) groups excluding carboxylic acids is 1. The number of carbonyl (C=O) groups is 1. The summed E-state index contributed by atoms with van der Waals surface area (Å²) in [5, 5.41) is 5.78. The molecule has 0 saturated heterocycles. The SMILES string of the molecule is O=C(Cc1csc(-c2cccc(Br)c2)n1)Nc1ccccc1I. The molecule has 1 aromatic heterocycles. The molecule has 116 valence electrons. The topological polar surface area (TPSA) is 42.0 Å². The van der Waals surface area contributed by atoms with E-state index in [0.29, 0.717) is 0 Å². The molecular formula is C17H12BrIN2OS. The lowest BCUT2D eigenvalue weighted by Gasteiger charge is -2.05. The van der Waals surface area contributed by atoms with E-state index >= 15 is 0 Å². The number of benzene rings is 2. The molecule has 1 N–H and O–H groups in total. The fourth-order valence-corrected chi connectivity index (χ4v) is 3.80. The van der Waals surface area contributed by atoms with Crippen molar-refractivity contribution >= 4 is 61.5 Å². The Morgan fingerprint density at radius 3 is 2.83 bits per heavy atom. The minimum atomic E-state index is -0.0554. The Morgan fingerprint density at radius 1 is 1.22 bits per heavy atom. The highest BCUT2D eigenvalue weighted by Gasteiger charge is 2.10. The Labute approximate surface area is 160 Å². The third kappa shape index (κ3) is 4.39. The first-order valence-corrected chi connectivity index (χ1v) is 9.62. The van der Waals surface area contributed by atoms with Crippen molar-refractivity contribution < 1.29 is 4.79 Å². The number of para-hydroxylation sites is 1. The van der Waals surface area contributed by atoms with Crippen molar-refractivity contribution in [2.24, 2.45) is 0 Å². The molecule has 0 aliphatic rings. The van der Waals surface area contributed by atoms with E-state index < -0.39 is 0 Å². The molecule has 6 heteroatoms. The lowest BCUT2D eigenvalue weighted by Crippen LogP contribution is -2.15. The van der Waals surface area contributed by atoms with Crippen molar-refractivity contribution in [3.8, 4) is 10.6 Å². The molecule has 0 saturated carbocycles. The van der Waals surface area contributed by atoms with Gasteiger partial charge >= 0.3 is 0 Å². The molecule has 0 atom stereocenters. The Morgan fingerprint density at radius 2 is 2.04 bits per heavy atom. The van der Waals surface area contributed by atoms with Gasteiger partial charge in [0.2, 0.25) is 5.91 Å². The largest absolute Gasteiger partial charge is 0.325 e. The molecule has 0 aliphatic carbocycles. The molecular weight excluding hydrogens is 487 g/mol. The third-order valence-electron chi connectivity index (χ3n) is 3.11. The van der Waals surface area contributed by atoms with Crippen molar-refractivity contribution in [1.82, 2.24) is 4.98 Å². The standard InChI is InChI=1S/C17H12BrIN2OS/c18-12-5-3-4-11(8-12)17-20-13(10-23-17)9-16(22)21-15-7-2-1-6-14(15)19/h1-8,10H,9H2,(H,21,22). The zero-order chi connectivity index (χ0) is 16.2. The molecule has 0 bridgehead atoms. The highest BCUT2D eigenvalue weighted by molar-refractivity contribution is 14.1. The van der Waals surface area contributed by atoms with Crippen molar-refractivity contribution in [1.29, 1.82) is 0 Å². The lowest BCUT2D eigenvalue weighted by molar-refractivity contribution is -0.115. The Balaban J connectivity index is 1.69. The number of anilines is 1. The van der Waals surface area contributed by atoms with Crippen molar-refractivity contribution in [3.05, 3.63) is 67.6 Å². The Kier molecular flexibility index (Phi) is 5.45. The number of rotatable bonds is 4. The van der Waals surface area contributed by atoms with Crippen LogP contribution in [0.4, 0.5) is 5.69 Å². The van der Waals surface area contributed by atoms with E-state index in [1.54, 1.807) is 11.3 Å². The summed E-state index contributed by atoms with van der Waals surface area (Å²) >= 11 is 7.22. The summed E-state index contributed by atoms with van der Waals surface area (Å²) in [5.41, 5.74) is 2.67. The van der Waals surface area contributed by atoms with Crippen LogP contribution in [0.15, 0.2) is 58.4 Å². The van der Waals surface area contributed by atoms with Crippen LogP contribution in [0.2, 0.25) is 0 Å². The number of halogens is 2. The number of nitrogens with zero attached hydrogens (tertiary/aromatic N) is 1. The van der Waals surface area contributed by atoms with E-state index in [1.807, 2.05) is 53.9 Å². The lowest BCUT2D eigenvalue weighted by atomic mass is 10.2. The summed E-state index contributed by atoms with van der Waals surface area (Å²) < 4.78 is 2.04. The normalized spacial score (nSPS) is 10.5. The fourth-order valence-electron chi connectivity index (χ4n) is 2.06. The summed E-state index contributed by atoms with van der Waals surface area (Å²) in [4.78, 5) is 16.7. The van der Waals surface area contributed by atoms with E-state index in [0.717, 1.165) is 30.0 Å². The van der Waals surface area contributed by atoms with E-state index in [1.165, 1.54) is 0 Å². The first kappa shape index (κ1) is 16.6. The van der Waals surface area contributed by atoms with Crippen LogP contribution in [-0.2, 0) is 11.2 Å². The number of nitrogens with one attached hydrogen (secondary N) is 1. The van der Waals surface area contributed by atoms with Gasteiger partial charge in [-0.05, 0) is 46.9 Å². The van der Waals surface area contributed by atoms with Gasteiger partial charge in [-0.15, -0.1) is 11.3 Å². The first-order valence-electron chi connectivity index (χ1n) is 6.86. The smallest absolute Gasteiger partial charge is 0.230 e. The van der Waals surface area contributed by atoms with E-state index in [2.05, 4.69) is 48.8 Å². The van der Waals surface area contributed by atoms with Crippen LogP contribution in [0.25, 0.3) is 10.6 Å². The van der Waals surface area contributed by atoms with Gasteiger partial charge in [-0.25, -0.2) is 4.98 Å². The molecule has 3 aromatic rings. The molecule has 2 aromatic carbocycles. The van der Waals surface area contributed by atoms with Crippen LogP contribution in [0.3, 0.4) is 0 Å². The van der Waals surface area contributed by atoms with Gasteiger partial charge in [-0.2, -0.15) is 0 Å². The fraction of sp³-hybridized carbons (Fsp3) is 0.0588. The van der Waals surface area contributed by atoms with Crippen LogP contribution in [0.1, 0.15) is 5.69 Å². The van der Waals surface area contributed by atoms with Gasteiger partial charge in [0, 0.05) is 19.0 Å². The second-order valence-corrected chi connectivity index (χ2v) is 7.80. The van der Waals surface area contributed by atoms with Crippen LogP contribution in [0, 0.1) is 3.57 Å². The van der Waals surface area contributed by atoms with Crippen LogP contribution < -0.4 is 5.32 Å². The highest BCUT2D eigenvalue weighted by Crippen LogP contribution is 2.26. The predicted octanol–water partition coefficient (Wildman–Crippen LogP) is 5.36. The van der Waals surface area contributed by atoms with Crippen LogP contribution in [-0.4, -0.2) is 10.9 Å². The highest BCUT2D eigenvalue weighted by atomic mass is 127. The maximum absolute atomic E-state index is 12.2. The van der Waals surface area contributed by atoms with E-state index in [9.17, 15) is 4.79 Å². The molecule has 3 nitrogen and oxygen atoms in total. The maximum atomic E-state index is 12.2. The zero-order valence-corrected chi connectivity index (χ0v) is 16.5. The monoisotopic (exact) mass is 498 g/mol. The van der Waals surface area contributed by atoms with Crippen LogP contribution >= 0.6 is 49.9 Å². The molecule has 23 heavy (non-hydrogen) atoms. The Hall–Kier alpha value is -1.25. The average molecular weight is 499 g/mol. The van der Waals surface area contributed by atoms with Gasteiger partial charge < -0.3 is 5.32 Å². The predicted molar refractivity (Wildman–Crippen MR) is 107 cm³/mol. The van der Waals surface area contributed by atoms with Crippen molar-refractivity contribution in [2.75, 3.05) is 5.32 Å². The van der Waals surface area contributed by atoms with Crippen molar-refractivity contribution in [3.63, 3.8) is 0 Å². The van der Waals surface area contributed by atoms with E-state index in [4.69, 9.17) is 0 Å². The molecule has 3 rings (SSSR count). The molecule has 0 fully saturated rings. The summed E-state index contributed by atoms with van der Waals surface area (Å²) in [7, 11) is 0. The van der Waals surface area contributed by atoms with Gasteiger partial charge in [0.15, 0.2) is 0 Å². The summed E-state index contributed by atoms with van der Waals surface area (Å²) in [6.45, 7) is 0. The molecule has 0 radical (unpaired) electrons. The van der Waals surface area contributed by atoms with Gasteiger partial charge in [0.25, 0.3) is 0 Å². The molecule has 0 aliphatic heterocycles. The summed E-state index contributed by atoms with van der Waals surface area (Å²) in [6.07, 6.45) is 0.273. The van der Waals surface area contributed by atoms with Crippen LogP contribution in [0.5, 0.6) is 0 Å². The minimum absolute atomic E-state index is 0.0554. The summed E-state index contributed by atoms with van der Waals surface area (Å²) in [6, 6.07) is 15.7. The quantitative estimate of drug-likeness (QED) is 0.492. The number of amides is 1. The number of hydrogen-bond donors (Lipinski definition) is 1. The van der Waals surface area contributed by atoms with Crippen molar-refractivity contribution in [2.45, 2.75) is 6.42 Å². The summed E-state index contributed by atoms with van der Waals surface area (Å²) in [5.74, 6) is -0.0554. The molecule has 0 spiro atoms. The third-order valence-corrected chi connectivity index (χ3v) is 5.49. The number of hydrogen-bond acceptors (Lipinski definition) is 3. The number of aromatic nitrogens is 1. The molecule has 1 heterocycles. The zero-order valence-electron chi connectivity index (χ0n) is 11.9. The average Bonchev–Trinajstić information content (AvgIpc) is 2.98.